The summed E-state index contributed by atoms with van der Waals surface area (Å²) in [6.45, 7) is 1.69. The van der Waals surface area contributed by atoms with Gasteiger partial charge in [0.2, 0.25) is 10.0 Å². The molecular weight excluding hydrogens is 240 g/mol. The van der Waals surface area contributed by atoms with Crippen molar-refractivity contribution in [2.24, 2.45) is 0 Å². The second-order valence-corrected chi connectivity index (χ2v) is 5.28. The summed E-state index contributed by atoms with van der Waals surface area (Å²) < 4.78 is 25.1. The first-order valence-corrected chi connectivity index (χ1v) is 6.67. The molecule has 0 unspecified atom stereocenters. The first kappa shape index (κ1) is 12.3. The van der Waals surface area contributed by atoms with Crippen LogP contribution in [-0.4, -0.2) is 35.2 Å². The molecule has 86 valence electrons. The molecule has 0 saturated heterocycles. The molecule has 0 fully saturated rings. The van der Waals surface area contributed by atoms with E-state index in [1.165, 1.54) is 0 Å². The number of unbranched alkanes of at least 4 members (excludes halogenated alkanes) is 1. The second kappa shape index (κ2) is 5.32. The molecule has 0 bridgehead atoms. The van der Waals surface area contributed by atoms with Crippen LogP contribution >= 0.6 is 11.6 Å². The number of rotatable bonds is 6. The van der Waals surface area contributed by atoms with Crippen molar-refractivity contribution in [1.82, 2.24) is 15.2 Å². The van der Waals surface area contributed by atoms with E-state index >= 15 is 0 Å². The number of hydrogen-bond acceptors (Lipinski definition) is 4. The summed E-state index contributed by atoms with van der Waals surface area (Å²) in [5.41, 5.74) is 0. The van der Waals surface area contributed by atoms with E-state index in [1.54, 1.807) is 6.92 Å². The maximum atomic E-state index is 11.4. The van der Waals surface area contributed by atoms with E-state index in [-0.39, 0.29) is 11.7 Å². The van der Waals surface area contributed by atoms with E-state index in [4.69, 9.17) is 11.6 Å². The fraction of sp³-hybridized carbons (Fsp3) is 0.714. The summed E-state index contributed by atoms with van der Waals surface area (Å²) >= 11 is 5.45. The standard InChI is InChI=1S/C7H13ClN4O2S/c1-6-9-7(11-10-6)12-15(13,14)5-3-2-4-8/h2-5H2,1H3,(H2,9,10,11,12). The third-order valence-corrected chi connectivity index (χ3v) is 3.23. The molecule has 8 heteroatoms. The Morgan fingerprint density at radius 3 is 2.73 bits per heavy atom. The molecule has 0 radical (unpaired) electrons. The van der Waals surface area contributed by atoms with Crippen molar-refractivity contribution >= 4 is 27.6 Å². The molecule has 0 aliphatic carbocycles. The quantitative estimate of drug-likeness (QED) is 0.581. The lowest BCUT2D eigenvalue weighted by atomic mass is 10.4. The van der Waals surface area contributed by atoms with Crippen LogP contribution in [0.4, 0.5) is 5.95 Å². The number of anilines is 1. The van der Waals surface area contributed by atoms with E-state index in [0.29, 0.717) is 24.5 Å². The number of hydrogen-bond donors (Lipinski definition) is 2. The van der Waals surface area contributed by atoms with Gasteiger partial charge in [0.1, 0.15) is 5.82 Å². The molecular formula is C7H13ClN4O2S. The minimum absolute atomic E-state index is 0.0350. The number of aromatic amines is 1. The molecule has 1 heterocycles. The van der Waals surface area contributed by atoms with Crippen molar-refractivity contribution in [3.05, 3.63) is 5.82 Å². The highest BCUT2D eigenvalue weighted by molar-refractivity contribution is 7.92. The normalized spacial score (nSPS) is 11.6. The fourth-order valence-electron chi connectivity index (χ4n) is 0.965. The summed E-state index contributed by atoms with van der Waals surface area (Å²) in [7, 11) is -3.35. The highest BCUT2D eigenvalue weighted by Crippen LogP contribution is 2.03. The van der Waals surface area contributed by atoms with Crippen LogP contribution in [0.2, 0.25) is 0 Å². The van der Waals surface area contributed by atoms with Crippen LogP contribution < -0.4 is 4.72 Å². The van der Waals surface area contributed by atoms with Gasteiger partial charge in [0.15, 0.2) is 0 Å². The molecule has 6 nitrogen and oxygen atoms in total. The minimum atomic E-state index is -3.35. The number of sulfonamides is 1. The van der Waals surface area contributed by atoms with Gasteiger partial charge in [-0.3, -0.25) is 5.10 Å². The van der Waals surface area contributed by atoms with Gasteiger partial charge in [-0.2, -0.15) is 4.98 Å². The molecule has 1 aromatic rings. The summed E-state index contributed by atoms with van der Waals surface area (Å²) in [5, 5.41) is 6.23. The summed E-state index contributed by atoms with van der Waals surface area (Å²) in [6, 6.07) is 0. The molecule has 0 aliphatic rings. The third-order valence-electron chi connectivity index (χ3n) is 1.64. The molecule has 15 heavy (non-hydrogen) atoms. The van der Waals surface area contributed by atoms with Crippen molar-refractivity contribution in [2.45, 2.75) is 19.8 Å². The van der Waals surface area contributed by atoms with Crippen LogP contribution in [0.15, 0.2) is 0 Å². The Kier molecular flexibility index (Phi) is 4.34. The van der Waals surface area contributed by atoms with Gasteiger partial charge in [0, 0.05) is 5.88 Å². The van der Waals surface area contributed by atoms with Crippen molar-refractivity contribution in [3.63, 3.8) is 0 Å². The molecule has 1 rings (SSSR count). The van der Waals surface area contributed by atoms with Gasteiger partial charge in [0.25, 0.3) is 5.95 Å². The zero-order chi connectivity index (χ0) is 11.3. The van der Waals surface area contributed by atoms with Gasteiger partial charge in [-0.1, -0.05) is 0 Å². The Morgan fingerprint density at radius 1 is 1.47 bits per heavy atom. The average molecular weight is 253 g/mol. The number of halogens is 1. The third kappa shape index (κ3) is 4.48. The lowest BCUT2D eigenvalue weighted by Gasteiger charge is -2.02. The topological polar surface area (TPSA) is 87.7 Å². The van der Waals surface area contributed by atoms with E-state index in [9.17, 15) is 8.42 Å². The van der Waals surface area contributed by atoms with Crippen molar-refractivity contribution < 1.29 is 8.42 Å². The first-order valence-electron chi connectivity index (χ1n) is 4.49. The van der Waals surface area contributed by atoms with E-state index in [2.05, 4.69) is 19.9 Å². The Balaban J connectivity index is 2.49. The van der Waals surface area contributed by atoms with Crippen molar-refractivity contribution in [1.29, 1.82) is 0 Å². The Hall–Kier alpha value is -0.820. The average Bonchev–Trinajstić information content (AvgIpc) is 2.50. The molecule has 0 atom stereocenters. The van der Waals surface area contributed by atoms with Crippen LogP contribution in [-0.2, 0) is 10.0 Å². The lowest BCUT2D eigenvalue weighted by Crippen LogP contribution is -2.17. The van der Waals surface area contributed by atoms with Gasteiger partial charge in [-0.25, -0.2) is 13.1 Å². The maximum Gasteiger partial charge on any atom is 0.255 e. The zero-order valence-corrected chi connectivity index (χ0v) is 9.90. The molecule has 0 spiro atoms. The van der Waals surface area contributed by atoms with Crippen LogP contribution in [0, 0.1) is 6.92 Å². The van der Waals surface area contributed by atoms with Gasteiger partial charge in [-0.15, -0.1) is 16.7 Å². The van der Waals surface area contributed by atoms with E-state index in [0.717, 1.165) is 0 Å². The summed E-state index contributed by atoms with van der Waals surface area (Å²) in [6.07, 6.45) is 1.21. The summed E-state index contributed by atoms with van der Waals surface area (Å²) in [5.74, 6) is 1.15. The van der Waals surface area contributed by atoms with Crippen LogP contribution in [0.1, 0.15) is 18.7 Å². The number of nitrogens with zero attached hydrogens (tertiary/aromatic N) is 2. The smallest absolute Gasteiger partial charge is 0.255 e. The van der Waals surface area contributed by atoms with Gasteiger partial charge in [-0.05, 0) is 19.8 Å². The first-order chi connectivity index (χ1) is 7.03. The largest absolute Gasteiger partial charge is 0.261 e. The van der Waals surface area contributed by atoms with Crippen LogP contribution in [0.5, 0.6) is 0 Å². The van der Waals surface area contributed by atoms with Gasteiger partial charge >= 0.3 is 0 Å². The fourth-order valence-corrected chi connectivity index (χ4v) is 2.21. The van der Waals surface area contributed by atoms with E-state index < -0.39 is 10.0 Å². The molecule has 0 saturated carbocycles. The molecule has 0 amide bonds. The highest BCUT2D eigenvalue weighted by Gasteiger charge is 2.12. The van der Waals surface area contributed by atoms with Crippen LogP contribution in [0.25, 0.3) is 0 Å². The number of aromatic nitrogens is 3. The Labute approximate surface area is 93.5 Å². The lowest BCUT2D eigenvalue weighted by molar-refractivity contribution is 0.597. The number of H-pyrrole nitrogens is 1. The van der Waals surface area contributed by atoms with Gasteiger partial charge in [0.05, 0.1) is 5.75 Å². The zero-order valence-electron chi connectivity index (χ0n) is 8.33. The monoisotopic (exact) mass is 252 g/mol. The second-order valence-electron chi connectivity index (χ2n) is 3.06. The van der Waals surface area contributed by atoms with Gasteiger partial charge < -0.3 is 0 Å². The van der Waals surface area contributed by atoms with Crippen LogP contribution in [0.3, 0.4) is 0 Å². The Morgan fingerprint density at radius 2 is 2.20 bits per heavy atom. The van der Waals surface area contributed by atoms with Crippen molar-refractivity contribution in [2.75, 3.05) is 16.4 Å². The minimum Gasteiger partial charge on any atom is -0.261 e. The number of nitrogens with one attached hydrogen (secondary N) is 2. The SMILES string of the molecule is Cc1nc(NS(=O)(=O)CCCCCl)n[nH]1. The Bertz CT molecular complexity index is 403. The van der Waals surface area contributed by atoms with Crippen molar-refractivity contribution in [3.8, 4) is 0 Å². The highest BCUT2D eigenvalue weighted by atomic mass is 35.5. The van der Waals surface area contributed by atoms with E-state index in [1.807, 2.05) is 0 Å². The molecule has 0 aliphatic heterocycles. The summed E-state index contributed by atoms with van der Waals surface area (Å²) in [4.78, 5) is 3.84. The molecule has 1 aromatic heterocycles. The predicted molar refractivity (Wildman–Crippen MR) is 58.5 cm³/mol. The molecule has 2 N–H and O–H groups in total. The number of aryl methyl sites for hydroxylation is 1. The maximum absolute atomic E-state index is 11.4. The number of alkyl halides is 1. The predicted octanol–water partition coefficient (Wildman–Crippen LogP) is 0.874. The molecule has 0 aromatic carbocycles.